The zero-order valence-electron chi connectivity index (χ0n) is 19.8. The van der Waals surface area contributed by atoms with E-state index in [-0.39, 0.29) is 0 Å². The van der Waals surface area contributed by atoms with Crippen LogP contribution in [0.15, 0.2) is 120 Å². The van der Waals surface area contributed by atoms with Gasteiger partial charge in [0, 0.05) is 34.3 Å². The van der Waals surface area contributed by atoms with Crippen LogP contribution in [0, 0.1) is 6.92 Å². The second-order valence-electron chi connectivity index (χ2n) is 9.22. The molecule has 0 spiro atoms. The minimum absolute atomic E-state index is 0.651. The highest BCUT2D eigenvalue weighted by molar-refractivity contribution is 6.08. The van der Waals surface area contributed by atoms with Crippen molar-refractivity contribution in [3.8, 4) is 33.5 Å². The fourth-order valence-electron chi connectivity index (χ4n) is 4.91. The van der Waals surface area contributed by atoms with Gasteiger partial charge in [-0.15, -0.1) is 0 Å². The minimum Gasteiger partial charge on any atom is -0.437 e. The third-order valence-corrected chi connectivity index (χ3v) is 6.87. The third-order valence-electron chi connectivity index (χ3n) is 6.87. The van der Waals surface area contributed by atoms with Crippen LogP contribution in [-0.2, 0) is 0 Å². The number of aromatic nitrogens is 2. The van der Waals surface area contributed by atoms with Crippen molar-refractivity contribution in [3.63, 3.8) is 0 Å². The molecule has 0 saturated carbocycles. The molecule has 0 saturated heterocycles. The Morgan fingerprint density at radius 2 is 1.28 bits per heavy atom. The molecular formula is C33H22N2O. The average molecular weight is 463 g/mol. The quantitative estimate of drug-likeness (QED) is 0.263. The van der Waals surface area contributed by atoms with Gasteiger partial charge in [0.25, 0.3) is 0 Å². The second kappa shape index (κ2) is 8.17. The normalized spacial score (nSPS) is 11.5. The number of pyridine rings is 2. The Morgan fingerprint density at radius 1 is 0.583 bits per heavy atom. The zero-order chi connectivity index (χ0) is 24.1. The van der Waals surface area contributed by atoms with E-state index in [1.165, 1.54) is 27.5 Å². The molecule has 3 heteroatoms. The second-order valence-corrected chi connectivity index (χ2v) is 9.22. The van der Waals surface area contributed by atoms with Gasteiger partial charge in [0.05, 0.1) is 5.69 Å². The summed E-state index contributed by atoms with van der Waals surface area (Å²) in [5, 5.41) is 4.52. The Balaban J connectivity index is 1.23. The summed E-state index contributed by atoms with van der Waals surface area (Å²) in [5.41, 5.74) is 9.30. The van der Waals surface area contributed by atoms with Gasteiger partial charge in [0.1, 0.15) is 5.58 Å². The van der Waals surface area contributed by atoms with Gasteiger partial charge in [-0.05, 0) is 70.8 Å². The Morgan fingerprint density at radius 3 is 2.03 bits per heavy atom. The SMILES string of the molecule is Cc1ccc(-c2ccc3cc(-c4ccc(-c5cccc6c5oc5ncccc56)nc4)ccc3c2)cc1. The van der Waals surface area contributed by atoms with Crippen LogP contribution in [-0.4, -0.2) is 9.97 Å². The first-order valence-electron chi connectivity index (χ1n) is 12.1. The Labute approximate surface area is 208 Å². The predicted octanol–water partition coefficient (Wildman–Crippen LogP) is 8.84. The molecular weight excluding hydrogens is 440 g/mol. The van der Waals surface area contributed by atoms with Gasteiger partial charge in [-0.3, -0.25) is 4.98 Å². The van der Waals surface area contributed by atoms with E-state index in [0.29, 0.717) is 5.71 Å². The Kier molecular flexibility index (Phi) is 4.68. The molecule has 4 aromatic carbocycles. The van der Waals surface area contributed by atoms with Crippen molar-refractivity contribution in [2.24, 2.45) is 0 Å². The molecule has 0 aliphatic carbocycles. The number of para-hydroxylation sites is 1. The first kappa shape index (κ1) is 20.6. The number of hydrogen-bond donors (Lipinski definition) is 0. The van der Waals surface area contributed by atoms with Gasteiger partial charge in [-0.2, -0.15) is 0 Å². The number of hydrogen-bond acceptors (Lipinski definition) is 3. The fourth-order valence-corrected chi connectivity index (χ4v) is 4.91. The number of nitrogens with zero attached hydrogens (tertiary/aromatic N) is 2. The fraction of sp³-hybridized carbons (Fsp3) is 0.0303. The first-order chi connectivity index (χ1) is 17.7. The average Bonchev–Trinajstić information content (AvgIpc) is 3.32. The summed E-state index contributed by atoms with van der Waals surface area (Å²) < 4.78 is 6.10. The van der Waals surface area contributed by atoms with Gasteiger partial charge in [-0.1, -0.05) is 72.3 Å². The van der Waals surface area contributed by atoms with E-state index in [1.54, 1.807) is 6.20 Å². The molecule has 3 heterocycles. The van der Waals surface area contributed by atoms with Gasteiger partial charge in [-0.25, -0.2) is 4.98 Å². The predicted molar refractivity (Wildman–Crippen MR) is 148 cm³/mol. The van der Waals surface area contributed by atoms with E-state index < -0.39 is 0 Å². The molecule has 0 N–H and O–H groups in total. The molecule has 7 rings (SSSR count). The van der Waals surface area contributed by atoms with Gasteiger partial charge in [0.2, 0.25) is 5.71 Å². The molecule has 3 aromatic heterocycles. The highest BCUT2D eigenvalue weighted by Crippen LogP contribution is 2.35. The summed E-state index contributed by atoms with van der Waals surface area (Å²) in [6.45, 7) is 2.11. The monoisotopic (exact) mass is 462 g/mol. The third kappa shape index (κ3) is 3.45. The standard InChI is InChI=1S/C33H22N2O/c1-21-7-9-22(10-8-21)23-11-12-25-19-26(14-13-24(25)18-23)27-15-16-31(35-20-27)30-5-2-4-28-29-6-3-17-34-33(29)36-32(28)30/h2-20H,1H3. The van der Waals surface area contributed by atoms with Gasteiger partial charge < -0.3 is 4.42 Å². The molecule has 0 radical (unpaired) electrons. The van der Waals surface area contributed by atoms with Crippen molar-refractivity contribution in [3.05, 3.63) is 121 Å². The van der Waals surface area contributed by atoms with Crippen LogP contribution in [0.2, 0.25) is 0 Å². The number of aryl methyl sites for hydroxylation is 1. The van der Waals surface area contributed by atoms with E-state index in [9.17, 15) is 0 Å². The van der Waals surface area contributed by atoms with Crippen molar-refractivity contribution in [2.75, 3.05) is 0 Å². The lowest BCUT2D eigenvalue weighted by Crippen LogP contribution is -1.86. The summed E-state index contributed by atoms with van der Waals surface area (Å²) in [6.07, 6.45) is 3.70. The molecule has 0 amide bonds. The number of rotatable bonds is 3. The topological polar surface area (TPSA) is 38.9 Å². The van der Waals surface area contributed by atoms with Crippen molar-refractivity contribution in [1.29, 1.82) is 0 Å². The van der Waals surface area contributed by atoms with Crippen LogP contribution >= 0.6 is 0 Å². The minimum atomic E-state index is 0.651. The van der Waals surface area contributed by atoms with E-state index >= 15 is 0 Å². The van der Waals surface area contributed by atoms with Crippen molar-refractivity contribution in [1.82, 2.24) is 9.97 Å². The molecule has 170 valence electrons. The number of furan rings is 1. The van der Waals surface area contributed by atoms with Crippen LogP contribution in [0.25, 0.3) is 66.4 Å². The van der Waals surface area contributed by atoms with Crippen LogP contribution < -0.4 is 0 Å². The highest BCUT2D eigenvalue weighted by Gasteiger charge is 2.13. The van der Waals surface area contributed by atoms with Crippen molar-refractivity contribution >= 4 is 32.8 Å². The molecule has 0 atom stereocenters. The van der Waals surface area contributed by atoms with Crippen LogP contribution in [0.3, 0.4) is 0 Å². The lowest BCUT2D eigenvalue weighted by Gasteiger charge is -2.08. The summed E-state index contributed by atoms with van der Waals surface area (Å²) >= 11 is 0. The molecule has 0 unspecified atom stereocenters. The smallest absolute Gasteiger partial charge is 0.227 e. The summed E-state index contributed by atoms with van der Waals surface area (Å²) in [5.74, 6) is 0. The largest absolute Gasteiger partial charge is 0.437 e. The zero-order valence-corrected chi connectivity index (χ0v) is 19.8. The Bertz CT molecular complexity index is 1880. The van der Waals surface area contributed by atoms with E-state index in [4.69, 9.17) is 9.40 Å². The first-order valence-corrected chi connectivity index (χ1v) is 12.1. The van der Waals surface area contributed by atoms with E-state index in [2.05, 4.69) is 90.8 Å². The van der Waals surface area contributed by atoms with Gasteiger partial charge in [0.15, 0.2) is 0 Å². The molecule has 3 nitrogen and oxygen atoms in total. The Hall–Kier alpha value is -4.76. The van der Waals surface area contributed by atoms with Crippen LogP contribution in [0.5, 0.6) is 0 Å². The van der Waals surface area contributed by atoms with E-state index in [0.717, 1.165) is 38.7 Å². The van der Waals surface area contributed by atoms with Crippen LogP contribution in [0.1, 0.15) is 5.56 Å². The number of benzene rings is 4. The highest BCUT2D eigenvalue weighted by atomic mass is 16.3. The van der Waals surface area contributed by atoms with Crippen molar-refractivity contribution in [2.45, 2.75) is 6.92 Å². The molecule has 0 fully saturated rings. The number of fused-ring (bicyclic) bond motifs is 4. The summed E-state index contributed by atoms with van der Waals surface area (Å²) in [6, 6.07) is 36.3. The van der Waals surface area contributed by atoms with Crippen LogP contribution in [0.4, 0.5) is 0 Å². The molecule has 0 bridgehead atoms. The molecule has 36 heavy (non-hydrogen) atoms. The summed E-state index contributed by atoms with van der Waals surface area (Å²) in [7, 11) is 0. The van der Waals surface area contributed by atoms with E-state index in [1.807, 2.05) is 30.5 Å². The molecule has 0 aliphatic rings. The molecule has 7 aromatic rings. The molecule has 0 aliphatic heterocycles. The maximum atomic E-state index is 6.10. The summed E-state index contributed by atoms with van der Waals surface area (Å²) in [4.78, 5) is 9.18. The maximum absolute atomic E-state index is 6.10. The van der Waals surface area contributed by atoms with Crippen molar-refractivity contribution < 1.29 is 4.42 Å². The lowest BCUT2D eigenvalue weighted by molar-refractivity contribution is 0.655. The lowest BCUT2D eigenvalue weighted by atomic mass is 9.97. The maximum Gasteiger partial charge on any atom is 0.227 e. The van der Waals surface area contributed by atoms with Gasteiger partial charge >= 0.3 is 0 Å².